The van der Waals surface area contributed by atoms with Crippen molar-refractivity contribution in [1.29, 1.82) is 5.26 Å². The average molecular weight is 440 g/mol. The van der Waals surface area contributed by atoms with Crippen molar-refractivity contribution in [2.24, 2.45) is 5.92 Å². The van der Waals surface area contributed by atoms with Crippen LogP contribution < -0.4 is 5.32 Å². The highest BCUT2D eigenvalue weighted by Crippen LogP contribution is 2.28. The number of aliphatic carboxylic acids is 1. The van der Waals surface area contributed by atoms with Crippen molar-refractivity contribution >= 4 is 34.8 Å². The Morgan fingerprint density at radius 2 is 2.03 bits per heavy atom. The van der Waals surface area contributed by atoms with E-state index in [-0.39, 0.29) is 25.3 Å². The summed E-state index contributed by atoms with van der Waals surface area (Å²) in [6, 6.07) is 16.2. The van der Waals surface area contributed by atoms with Gasteiger partial charge in [0.05, 0.1) is 36.2 Å². The zero-order valence-corrected chi connectivity index (χ0v) is 17.4. The lowest BCUT2D eigenvalue weighted by atomic mass is 9.94. The van der Waals surface area contributed by atoms with Gasteiger partial charge in [-0.3, -0.25) is 9.59 Å². The third kappa shape index (κ3) is 5.66. The van der Waals surface area contributed by atoms with E-state index in [1.807, 2.05) is 29.6 Å². The predicted octanol–water partition coefficient (Wildman–Crippen LogP) is 4.28. The molecule has 0 fully saturated rings. The van der Waals surface area contributed by atoms with Crippen LogP contribution in [0.3, 0.4) is 0 Å². The van der Waals surface area contributed by atoms with Crippen molar-refractivity contribution in [1.82, 2.24) is 10.3 Å². The molecule has 0 radical (unpaired) electrons. The van der Waals surface area contributed by atoms with Crippen LogP contribution in [0.4, 0.5) is 0 Å². The summed E-state index contributed by atoms with van der Waals surface area (Å²) in [5.41, 5.74) is 2.75. The zero-order chi connectivity index (χ0) is 21.5. The van der Waals surface area contributed by atoms with Crippen LogP contribution in [0.15, 0.2) is 53.9 Å². The standard InChI is InChI=1S/C22H18ClN3O3S/c23-18-7-2-1-6-17(18)19-13-30-20(26-19)12-25-22(29)16(10-21(27)28)9-14-4-3-5-15(8-14)11-24/h1-8,13,16H,9-10,12H2,(H,25,29)(H,27,28). The third-order valence-corrected chi connectivity index (χ3v) is 5.62. The predicted molar refractivity (Wildman–Crippen MR) is 115 cm³/mol. The number of nitrogens with one attached hydrogen (secondary N) is 1. The number of carboxylic acids is 1. The maximum atomic E-state index is 12.7. The zero-order valence-electron chi connectivity index (χ0n) is 15.8. The van der Waals surface area contributed by atoms with Gasteiger partial charge in [0, 0.05) is 16.0 Å². The van der Waals surface area contributed by atoms with Crippen LogP contribution in [0.5, 0.6) is 0 Å². The van der Waals surface area contributed by atoms with Crippen LogP contribution in [0, 0.1) is 17.2 Å². The van der Waals surface area contributed by atoms with Crippen molar-refractivity contribution in [2.45, 2.75) is 19.4 Å². The Kier molecular flexibility index (Phi) is 7.17. The van der Waals surface area contributed by atoms with E-state index in [4.69, 9.17) is 16.9 Å². The molecule has 2 N–H and O–H groups in total. The lowest BCUT2D eigenvalue weighted by molar-refractivity contribution is -0.141. The van der Waals surface area contributed by atoms with Gasteiger partial charge in [-0.05, 0) is 30.2 Å². The number of halogens is 1. The second kappa shape index (κ2) is 10.0. The van der Waals surface area contributed by atoms with E-state index in [1.54, 1.807) is 30.3 Å². The second-order valence-corrected chi connectivity index (χ2v) is 7.99. The van der Waals surface area contributed by atoms with Gasteiger partial charge in [0.15, 0.2) is 0 Å². The Morgan fingerprint density at radius 3 is 2.77 bits per heavy atom. The minimum Gasteiger partial charge on any atom is -0.481 e. The highest BCUT2D eigenvalue weighted by atomic mass is 35.5. The molecule has 0 aliphatic rings. The van der Waals surface area contributed by atoms with Crippen LogP contribution in [-0.2, 0) is 22.6 Å². The van der Waals surface area contributed by atoms with Gasteiger partial charge in [-0.15, -0.1) is 11.3 Å². The molecule has 0 spiro atoms. The molecule has 1 heterocycles. The molecular formula is C22H18ClN3O3S. The number of hydrogen-bond donors (Lipinski definition) is 2. The summed E-state index contributed by atoms with van der Waals surface area (Å²) in [5, 5.41) is 24.2. The molecule has 1 atom stereocenters. The monoisotopic (exact) mass is 439 g/mol. The van der Waals surface area contributed by atoms with Gasteiger partial charge in [0.25, 0.3) is 0 Å². The Morgan fingerprint density at radius 1 is 1.23 bits per heavy atom. The summed E-state index contributed by atoms with van der Waals surface area (Å²) in [4.78, 5) is 28.4. The van der Waals surface area contributed by atoms with Gasteiger partial charge in [-0.2, -0.15) is 5.26 Å². The van der Waals surface area contributed by atoms with Gasteiger partial charge >= 0.3 is 5.97 Å². The van der Waals surface area contributed by atoms with E-state index in [9.17, 15) is 14.7 Å². The highest BCUT2D eigenvalue weighted by molar-refractivity contribution is 7.09. The third-order valence-electron chi connectivity index (χ3n) is 4.45. The van der Waals surface area contributed by atoms with E-state index in [0.29, 0.717) is 15.6 Å². The number of thiazole rings is 1. The number of hydrogen-bond acceptors (Lipinski definition) is 5. The molecule has 8 heteroatoms. The summed E-state index contributed by atoms with van der Waals surface area (Å²) in [7, 11) is 0. The molecule has 1 unspecified atom stereocenters. The smallest absolute Gasteiger partial charge is 0.304 e. The number of nitrogens with zero attached hydrogens (tertiary/aromatic N) is 2. The molecule has 3 rings (SSSR count). The fraction of sp³-hybridized carbons (Fsp3) is 0.182. The van der Waals surface area contributed by atoms with Gasteiger partial charge in [0.1, 0.15) is 5.01 Å². The average Bonchev–Trinajstić information content (AvgIpc) is 3.20. The van der Waals surface area contributed by atoms with E-state index in [1.165, 1.54) is 11.3 Å². The summed E-state index contributed by atoms with van der Waals surface area (Å²) < 4.78 is 0. The molecule has 0 saturated carbocycles. The Labute approximate surface area is 182 Å². The number of rotatable bonds is 8. The minimum absolute atomic E-state index is 0.197. The first-order chi connectivity index (χ1) is 14.5. The van der Waals surface area contributed by atoms with Crippen molar-refractivity contribution in [2.75, 3.05) is 0 Å². The molecule has 2 aromatic carbocycles. The Hall–Kier alpha value is -3.21. The van der Waals surface area contributed by atoms with Crippen LogP contribution >= 0.6 is 22.9 Å². The maximum absolute atomic E-state index is 12.7. The highest BCUT2D eigenvalue weighted by Gasteiger charge is 2.22. The van der Waals surface area contributed by atoms with Crippen LogP contribution in [0.25, 0.3) is 11.3 Å². The summed E-state index contributed by atoms with van der Waals surface area (Å²) in [6.07, 6.45) is -0.0677. The quantitative estimate of drug-likeness (QED) is 0.545. The van der Waals surface area contributed by atoms with Crippen molar-refractivity contribution in [3.05, 3.63) is 75.1 Å². The Bertz CT molecular complexity index is 1110. The van der Waals surface area contributed by atoms with Gasteiger partial charge < -0.3 is 10.4 Å². The fourth-order valence-electron chi connectivity index (χ4n) is 3.01. The molecule has 0 aliphatic carbocycles. The second-order valence-electron chi connectivity index (χ2n) is 6.64. The first kappa shape index (κ1) is 21.5. The first-order valence-corrected chi connectivity index (χ1v) is 10.4. The van der Waals surface area contributed by atoms with Gasteiger partial charge in [0.2, 0.25) is 5.91 Å². The van der Waals surface area contributed by atoms with Crippen LogP contribution in [-0.4, -0.2) is 22.0 Å². The van der Waals surface area contributed by atoms with Crippen LogP contribution in [0.2, 0.25) is 5.02 Å². The fourth-order valence-corrected chi connectivity index (χ4v) is 3.98. The lowest BCUT2D eigenvalue weighted by Crippen LogP contribution is -2.33. The van der Waals surface area contributed by atoms with E-state index in [2.05, 4.69) is 10.3 Å². The lowest BCUT2D eigenvalue weighted by Gasteiger charge is -2.15. The molecule has 0 saturated heterocycles. The van der Waals surface area contributed by atoms with Gasteiger partial charge in [-0.1, -0.05) is 41.9 Å². The minimum atomic E-state index is -1.05. The maximum Gasteiger partial charge on any atom is 0.304 e. The summed E-state index contributed by atoms with van der Waals surface area (Å²) in [5.74, 6) is -2.17. The summed E-state index contributed by atoms with van der Waals surface area (Å²) in [6.45, 7) is 0.197. The Balaban J connectivity index is 1.67. The van der Waals surface area contributed by atoms with E-state index in [0.717, 1.165) is 16.8 Å². The molecule has 1 amide bonds. The number of carbonyl (C=O) groups is 2. The van der Waals surface area contributed by atoms with E-state index < -0.39 is 11.9 Å². The summed E-state index contributed by atoms with van der Waals surface area (Å²) >= 11 is 7.60. The number of nitriles is 1. The number of aromatic nitrogens is 1. The molecule has 152 valence electrons. The number of amides is 1. The number of benzene rings is 2. The molecule has 6 nitrogen and oxygen atoms in total. The molecule has 30 heavy (non-hydrogen) atoms. The number of carboxylic acid groups (broad SMARTS) is 1. The molecule has 0 aliphatic heterocycles. The SMILES string of the molecule is N#Cc1cccc(CC(CC(=O)O)C(=O)NCc2nc(-c3ccccc3Cl)cs2)c1. The van der Waals surface area contributed by atoms with Crippen molar-refractivity contribution in [3.63, 3.8) is 0 Å². The van der Waals surface area contributed by atoms with E-state index >= 15 is 0 Å². The molecular weight excluding hydrogens is 422 g/mol. The topological polar surface area (TPSA) is 103 Å². The first-order valence-electron chi connectivity index (χ1n) is 9.14. The largest absolute Gasteiger partial charge is 0.481 e. The molecule has 1 aromatic heterocycles. The molecule has 3 aromatic rings. The van der Waals surface area contributed by atoms with Crippen LogP contribution in [0.1, 0.15) is 22.6 Å². The molecule has 0 bridgehead atoms. The number of carbonyl (C=O) groups excluding carboxylic acids is 1. The van der Waals surface area contributed by atoms with Gasteiger partial charge in [-0.25, -0.2) is 4.98 Å². The van der Waals surface area contributed by atoms with Crippen molar-refractivity contribution in [3.8, 4) is 17.3 Å². The van der Waals surface area contributed by atoms with Crippen molar-refractivity contribution < 1.29 is 14.7 Å². The normalized spacial score (nSPS) is 11.5.